The molecule has 1 aromatic carbocycles. The molecule has 0 saturated heterocycles. The normalized spacial score (nSPS) is 13.8. The number of hydrogen-bond donors (Lipinski definition) is 0. The zero-order valence-corrected chi connectivity index (χ0v) is 9.88. The smallest absolute Gasteiger partial charge is 0.0320 e. The van der Waals surface area contributed by atoms with Crippen molar-refractivity contribution in [2.45, 2.75) is 26.7 Å². The van der Waals surface area contributed by atoms with Crippen LogP contribution in [0.4, 0.5) is 0 Å². The molecule has 0 bridgehead atoms. The predicted octanol–water partition coefficient (Wildman–Crippen LogP) is 3.97. The maximum absolute atomic E-state index is 5.58. The SMILES string of the molecule is C#Cc1cc2c(c(C)c1/C=C\C)C=CCC2. The van der Waals surface area contributed by atoms with Crippen LogP contribution in [0.3, 0.4) is 0 Å². The molecule has 0 N–H and O–H groups in total. The highest BCUT2D eigenvalue weighted by molar-refractivity contribution is 5.72. The van der Waals surface area contributed by atoms with Crippen LogP contribution in [0.5, 0.6) is 0 Å². The highest BCUT2D eigenvalue weighted by atomic mass is 14.2. The van der Waals surface area contributed by atoms with E-state index in [9.17, 15) is 0 Å². The number of hydrogen-bond acceptors (Lipinski definition) is 0. The van der Waals surface area contributed by atoms with Gasteiger partial charge in [-0.1, -0.05) is 30.2 Å². The highest BCUT2D eigenvalue weighted by Gasteiger charge is 2.12. The summed E-state index contributed by atoms with van der Waals surface area (Å²) in [7, 11) is 0. The highest BCUT2D eigenvalue weighted by Crippen LogP contribution is 2.28. The average molecular weight is 208 g/mol. The molecule has 0 heterocycles. The second-order valence-electron chi connectivity index (χ2n) is 4.12. The summed E-state index contributed by atoms with van der Waals surface area (Å²) in [6.07, 6.45) is 16.4. The van der Waals surface area contributed by atoms with E-state index in [2.05, 4.69) is 37.1 Å². The Hall–Kier alpha value is -1.74. The number of allylic oxidation sites excluding steroid dienone is 2. The van der Waals surface area contributed by atoms with E-state index in [4.69, 9.17) is 6.42 Å². The van der Waals surface area contributed by atoms with Crippen LogP contribution in [0.25, 0.3) is 12.2 Å². The van der Waals surface area contributed by atoms with Gasteiger partial charge < -0.3 is 0 Å². The molecule has 80 valence electrons. The van der Waals surface area contributed by atoms with Gasteiger partial charge in [-0.15, -0.1) is 6.42 Å². The number of aryl methyl sites for hydroxylation is 1. The van der Waals surface area contributed by atoms with Crippen LogP contribution < -0.4 is 0 Å². The van der Waals surface area contributed by atoms with Crippen LogP contribution in [0.1, 0.15) is 41.2 Å². The maximum Gasteiger partial charge on any atom is 0.0320 e. The molecule has 2 rings (SSSR count). The third-order valence-corrected chi connectivity index (χ3v) is 3.12. The maximum atomic E-state index is 5.58. The molecular formula is C16H16. The lowest BCUT2D eigenvalue weighted by molar-refractivity contribution is 0.979. The lowest BCUT2D eigenvalue weighted by Crippen LogP contribution is -2.01. The molecular weight excluding hydrogens is 192 g/mol. The molecule has 16 heavy (non-hydrogen) atoms. The van der Waals surface area contributed by atoms with Gasteiger partial charge in [-0.25, -0.2) is 0 Å². The first-order valence-corrected chi connectivity index (χ1v) is 5.70. The van der Waals surface area contributed by atoms with Gasteiger partial charge in [-0.2, -0.15) is 0 Å². The summed E-state index contributed by atoms with van der Waals surface area (Å²) in [5.41, 5.74) is 6.26. The Bertz CT molecular complexity index is 508. The Morgan fingerprint density at radius 1 is 1.44 bits per heavy atom. The van der Waals surface area contributed by atoms with E-state index < -0.39 is 0 Å². The molecule has 0 aromatic heterocycles. The number of rotatable bonds is 1. The number of benzene rings is 1. The van der Waals surface area contributed by atoms with E-state index in [-0.39, 0.29) is 0 Å². The van der Waals surface area contributed by atoms with E-state index in [0.29, 0.717) is 0 Å². The van der Waals surface area contributed by atoms with Crippen molar-refractivity contribution in [3.63, 3.8) is 0 Å². The van der Waals surface area contributed by atoms with Crippen molar-refractivity contribution >= 4 is 12.2 Å². The van der Waals surface area contributed by atoms with Gasteiger partial charge in [0.15, 0.2) is 0 Å². The van der Waals surface area contributed by atoms with E-state index in [1.165, 1.54) is 22.3 Å². The average Bonchev–Trinajstić information content (AvgIpc) is 2.33. The Kier molecular flexibility index (Phi) is 2.97. The lowest BCUT2D eigenvalue weighted by atomic mass is 9.87. The van der Waals surface area contributed by atoms with E-state index >= 15 is 0 Å². The van der Waals surface area contributed by atoms with Gasteiger partial charge in [0.1, 0.15) is 0 Å². The van der Waals surface area contributed by atoms with Crippen LogP contribution >= 0.6 is 0 Å². The Morgan fingerprint density at radius 2 is 2.25 bits per heavy atom. The molecule has 0 unspecified atom stereocenters. The summed E-state index contributed by atoms with van der Waals surface area (Å²) in [5.74, 6) is 2.80. The largest absolute Gasteiger partial charge is 0.115 e. The molecule has 1 aliphatic rings. The molecule has 0 fully saturated rings. The number of fused-ring (bicyclic) bond motifs is 1. The van der Waals surface area contributed by atoms with Crippen LogP contribution in [0.2, 0.25) is 0 Å². The van der Waals surface area contributed by atoms with Gasteiger partial charge in [0.25, 0.3) is 0 Å². The Labute approximate surface area is 97.7 Å². The predicted molar refractivity (Wildman–Crippen MR) is 71.2 cm³/mol. The van der Waals surface area contributed by atoms with Gasteiger partial charge in [0, 0.05) is 5.56 Å². The summed E-state index contributed by atoms with van der Waals surface area (Å²) in [4.78, 5) is 0. The minimum atomic E-state index is 1.02. The van der Waals surface area contributed by atoms with Gasteiger partial charge in [0.2, 0.25) is 0 Å². The van der Waals surface area contributed by atoms with E-state index in [1.54, 1.807) is 0 Å². The third-order valence-electron chi connectivity index (χ3n) is 3.12. The van der Waals surface area contributed by atoms with Gasteiger partial charge >= 0.3 is 0 Å². The van der Waals surface area contributed by atoms with Gasteiger partial charge in [-0.05, 0) is 55.0 Å². The quantitative estimate of drug-likeness (QED) is 0.613. The first-order chi connectivity index (χ1) is 7.77. The van der Waals surface area contributed by atoms with E-state index in [0.717, 1.165) is 18.4 Å². The van der Waals surface area contributed by atoms with Gasteiger partial charge in [0.05, 0.1) is 0 Å². The summed E-state index contributed by atoms with van der Waals surface area (Å²) in [6, 6.07) is 2.17. The van der Waals surface area contributed by atoms with Crippen molar-refractivity contribution in [3.8, 4) is 12.3 Å². The third kappa shape index (κ3) is 1.70. The molecule has 0 radical (unpaired) electrons. The second-order valence-corrected chi connectivity index (χ2v) is 4.12. The van der Waals surface area contributed by atoms with Crippen molar-refractivity contribution in [1.29, 1.82) is 0 Å². The van der Waals surface area contributed by atoms with Crippen molar-refractivity contribution in [2.24, 2.45) is 0 Å². The molecule has 0 saturated carbocycles. The molecule has 0 nitrogen and oxygen atoms in total. The van der Waals surface area contributed by atoms with Crippen LogP contribution in [-0.4, -0.2) is 0 Å². The van der Waals surface area contributed by atoms with Crippen LogP contribution in [-0.2, 0) is 6.42 Å². The molecule has 0 aliphatic heterocycles. The van der Waals surface area contributed by atoms with Crippen LogP contribution in [0, 0.1) is 19.3 Å². The zero-order valence-electron chi connectivity index (χ0n) is 9.88. The second kappa shape index (κ2) is 4.41. The number of terminal acetylenes is 1. The fraction of sp³-hybridized carbons (Fsp3) is 0.250. The molecule has 0 spiro atoms. The fourth-order valence-corrected chi connectivity index (χ4v) is 2.30. The monoisotopic (exact) mass is 208 g/mol. The van der Waals surface area contributed by atoms with Crippen molar-refractivity contribution in [1.82, 2.24) is 0 Å². The minimum absolute atomic E-state index is 1.02. The summed E-state index contributed by atoms with van der Waals surface area (Å²) < 4.78 is 0. The molecule has 0 atom stereocenters. The minimum Gasteiger partial charge on any atom is -0.115 e. The zero-order chi connectivity index (χ0) is 11.5. The van der Waals surface area contributed by atoms with Gasteiger partial charge in [-0.3, -0.25) is 0 Å². The Balaban J connectivity index is 2.72. The topological polar surface area (TPSA) is 0 Å². The van der Waals surface area contributed by atoms with Crippen LogP contribution in [0.15, 0.2) is 18.2 Å². The molecule has 0 amide bonds. The van der Waals surface area contributed by atoms with E-state index in [1.807, 2.05) is 13.0 Å². The standard InChI is InChI=1S/C16H16/c1-4-8-15-12(3)16-10-7-6-9-14(16)11-13(15)5-2/h2,4,7-8,10-11H,6,9H2,1,3H3/b8-4-. The first kappa shape index (κ1) is 10.8. The van der Waals surface area contributed by atoms with Crippen molar-refractivity contribution < 1.29 is 0 Å². The molecule has 1 aromatic rings. The Morgan fingerprint density at radius 3 is 2.94 bits per heavy atom. The molecule has 0 heteroatoms. The molecule has 1 aliphatic carbocycles. The first-order valence-electron chi connectivity index (χ1n) is 5.70. The van der Waals surface area contributed by atoms with Crippen molar-refractivity contribution in [2.75, 3.05) is 0 Å². The summed E-state index contributed by atoms with van der Waals surface area (Å²) in [6.45, 7) is 4.18. The summed E-state index contributed by atoms with van der Waals surface area (Å²) >= 11 is 0. The van der Waals surface area contributed by atoms with Crippen molar-refractivity contribution in [3.05, 3.63) is 46.0 Å². The lowest BCUT2D eigenvalue weighted by Gasteiger charge is -2.17. The summed E-state index contributed by atoms with van der Waals surface area (Å²) in [5, 5.41) is 0. The fourth-order valence-electron chi connectivity index (χ4n) is 2.30.